The summed E-state index contributed by atoms with van der Waals surface area (Å²) in [6, 6.07) is 5.12. The third kappa shape index (κ3) is 3.03. The number of aromatic nitrogens is 1. The Morgan fingerprint density at radius 2 is 2.10 bits per heavy atom. The molecule has 2 nitrogen and oxygen atoms in total. The number of hydrogen-bond acceptors (Lipinski definition) is 3. The first-order valence-electron chi connectivity index (χ1n) is 6.69. The molecule has 1 N–H and O–H groups in total. The number of benzene rings is 1. The molecular weight excluding hydrogens is 295 g/mol. The normalized spacial score (nSPS) is 16.4. The Morgan fingerprint density at radius 1 is 1.35 bits per heavy atom. The number of nitrogens with zero attached hydrogens (tertiary/aromatic N) is 1. The van der Waals surface area contributed by atoms with Gasteiger partial charge in [-0.3, -0.25) is 0 Å². The molecule has 1 saturated carbocycles. The summed E-state index contributed by atoms with van der Waals surface area (Å²) in [5, 5.41) is 4.94. The number of nitrogens with one attached hydrogen (secondary N) is 1. The smallest absolute Gasteiger partial charge is 0.125 e. The van der Waals surface area contributed by atoms with Crippen LogP contribution in [0.15, 0.2) is 18.2 Å². The standard InChI is InChI=1S/C15H16ClFN2S/c1-8-9(2)20-15(18-8)14(19-13-3-4-13)10-5-11(16)7-12(17)6-10/h5-7,13-14,19H,3-4H2,1-2H3. The van der Waals surface area contributed by atoms with Gasteiger partial charge < -0.3 is 5.32 Å². The van der Waals surface area contributed by atoms with E-state index in [0.717, 1.165) is 16.3 Å². The molecule has 0 aliphatic heterocycles. The van der Waals surface area contributed by atoms with Crippen molar-refractivity contribution in [2.45, 2.75) is 38.8 Å². The van der Waals surface area contributed by atoms with Crippen molar-refractivity contribution >= 4 is 22.9 Å². The second kappa shape index (κ2) is 5.43. The van der Waals surface area contributed by atoms with E-state index in [1.807, 2.05) is 13.0 Å². The van der Waals surface area contributed by atoms with Crippen LogP contribution >= 0.6 is 22.9 Å². The summed E-state index contributed by atoms with van der Waals surface area (Å²) in [4.78, 5) is 5.82. The predicted molar refractivity (Wildman–Crippen MR) is 81.0 cm³/mol. The van der Waals surface area contributed by atoms with Crippen molar-refractivity contribution < 1.29 is 4.39 Å². The molecule has 1 aliphatic carbocycles. The molecule has 5 heteroatoms. The van der Waals surface area contributed by atoms with Gasteiger partial charge in [-0.2, -0.15) is 0 Å². The maximum Gasteiger partial charge on any atom is 0.125 e. The van der Waals surface area contributed by atoms with Gasteiger partial charge in [0.1, 0.15) is 10.8 Å². The van der Waals surface area contributed by atoms with Crippen LogP contribution < -0.4 is 5.32 Å². The van der Waals surface area contributed by atoms with Gasteiger partial charge in [0, 0.05) is 15.9 Å². The minimum atomic E-state index is -0.305. The number of halogens is 2. The van der Waals surface area contributed by atoms with Gasteiger partial charge >= 0.3 is 0 Å². The molecule has 0 radical (unpaired) electrons. The number of rotatable bonds is 4. The van der Waals surface area contributed by atoms with Crippen LogP contribution in [0, 0.1) is 19.7 Å². The molecule has 1 heterocycles. The van der Waals surface area contributed by atoms with E-state index in [1.165, 1.54) is 29.9 Å². The Kier molecular flexibility index (Phi) is 3.80. The van der Waals surface area contributed by atoms with Crippen molar-refractivity contribution in [2.24, 2.45) is 0 Å². The van der Waals surface area contributed by atoms with E-state index in [4.69, 9.17) is 11.6 Å². The first kappa shape index (κ1) is 14.0. The molecule has 1 atom stereocenters. The summed E-state index contributed by atoms with van der Waals surface area (Å²) in [6.45, 7) is 4.06. The van der Waals surface area contributed by atoms with Crippen LogP contribution in [-0.2, 0) is 0 Å². The van der Waals surface area contributed by atoms with Gasteiger partial charge in [0.15, 0.2) is 0 Å². The second-order valence-corrected chi connectivity index (χ2v) is 6.94. The van der Waals surface area contributed by atoms with Crippen molar-refractivity contribution in [1.82, 2.24) is 10.3 Å². The number of thiazole rings is 1. The second-order valence-electron chi connectivity index (χ2n) is 5.27. The van der Waals surface area contributed by atoms with Gasteiger partial charge in [-0.1, -0.05) is 11.6 Å². The van der Waals surface area contributed by atoms with Crippen LogP contribution in [-0.4, -0.2) is 11.0 Å². The summed E-state index contributed by atoms with van der Waals surface area (Å²) in [7, 11) is 0. The van der Waals surface area contributed by atoms with Gasteiger partial charge in [-0.05, 0) is 50.5 Å². The molecule has 1 unspecified atom stereocenters. The van der Waals surface area contributed by atoms with E-state index in [-0.39, 0.29) is 11.9 Å². The van der Waals surface area contributed by atoms with Crippen molar-refractivity contribution in [3.63, 3.8) is 0 Å². The summed E-state index contributed by atoms with van der Waals surface area (Å²) in [5.41, 5.74) is 1.88. The van der Waals surface area contributed by atoms with Crippen LogP contribution in [0.4, 0.5) is 4.39 Å². The summed E-state index contributed by atoms with van der Waals surface area (Å²) < 4.78 is 13.6. The Balaban J connectivity index is 2.00. The maximum absolute atomic E-state index is 13.6. The van der Waals surface area contributed by atoms with Gasteiger partial charge in [-0.15, -0.1) is 11.3 Å². The average molecular weight is 311 g/mol. The average Bonchev–Trinajstić information content (AvgIpc) is 3.12. The molecule has 3 rings (SSSR count). The lowest BCUT2D eigenvalue weighted by atomic mass is 10.1. The molecule has 1 aromatic heterocycles. The molecule has 20 heavy (non-hydrogen) atoms. The van der Waals surface area contributed by atoms with Crippen LogP contribution in [0.25, 0.3) is 0 Å². The zero-order chi connectivity index (χ0) is 14.3. The Morgan fingerprint density at radius 3 is 2.65 bits per heavy atom. The third-order valence-corrected chi connectivity index (χ3v) is 4.85. The van der Waals surface area contributed by atoms with E-state index in [2.05, 4.69) is 17.2 Å². The fourth-order valence-electron chi connectivity index (χ4n) is 2.16. The quantitative estimate of drug-likeness (QED) is 0.905. The molecule has 0 bridgehead atoms. The highest BCUT2D eigenvalue weighted by Gasteiger charge is 2.28. The molecular formula is C15H16ClFN2S. The predicted octanol–water partition coefficient (Wildman–Crippen LogP) is 4.39. The van der Waals surface area contributed by atoms with E-state index >= 15 is 0 Å². The van der Waals surface area contributed by atoms with Crippen LogP contribution in [0.3, 0.4) is 0 Å². The molecule has 2 aromatic rings. The first-order valence-corrected chi connectivity index (χ1v) is 7.88. The van der Waals surface area contributed by atoms with Crippen LogP contribution in [0.2, 0.25) is 5.02 Å². The fourth-order valence-corrected chi connectivity index (χ4v) is 3.40. The molecule has 1 aliphatic rings. The zero-order valence-electron chi connectivity index (χ0n) is 11.4. The minimum absolute atomic E-state index is 0.0758. The van der Waals surface area contributed by atoms with Crippen molar-refractivity contribution in [3.8, 4) is 0 Å². The van der Waals surface area contributed by atoms with Gasteiger partial charge in [0.2, 0.25) is 0 Å². The highest BCUT2D eigenvalue weighted by atomic mass is 35.5. The Labute approximate surface area is 127 Å². The van der Waals surface area contributed by atoms with E-state index in [9.17, 15) is 4.39 Å². The largest absolute Gasteiger partial charge is 0.301 e. The topological polar surface area (TPSA) is 24.9 Å². The van der Waals surface area contributed by atoms with E-state index in [1.54, 1.807) is 11.3 Å². The molecule has 106 valence electrons. The summed E-state index contributed by atoms with van der Waals surface area (Å²) in [5.74, 6) is -0.305. The fraction of sp³-hybridized carbons (Fsp3) is 0.400. The summed E-state index contributed by atoms with van der Waals surface area (Å²) in [6.07, 6.45) is 2.34. The lowest BCUT2D eigenvalue weighted by molar-refractivity contribution is 0.584. The number of hydrogen-bond donors (Lipinski definition) is 1. The number of aryl methyl sites for hydroxylation is 2. The van der Waals surface area contributed by atoms with Crippen LogP contribution in [0.1, 0.15) is 40.0 Å². The maximum atomic E-state index is 13.6. The van der Waals surface area contributed by atoms with Gasteiger partial charge in [0.05, 0.1) is 11.7 Å². The summed E-state index contributed by atoms with van der Waals surface area (Å²) >= 11 is 7.65. The highest BCUT2D eigenvalue weighted by Crippen LogP contribution is 2.33. The SMILES string of the molecule is Cc1nc(C(NC2CC2)c2cc(F)cc(Cl)c2)sc1C. The lowest BCUT2D eigenvalue weighted by Gasteiger charge is -2.17. The lowest BCUT2D eigenvalue weighted by Crippen LogP contribution is -2.24. The van der Waals surface area contributed by atoms with Crippen molar-refractivity contribution in [2.75, 3.05) is 0 Å². The molecule has 1 fully saturated rings. The van der Waals surface area contributed by atoms with Crippen LogP contribution in [0.5, 0.6) is 0 Å². The highest BCUT2D eigenvalue weighted by molar-refractivity contribution is 7.11. The van der Waals surface area contributed by atoms with Gasteiger partial charge in [0.25, 0.3) is 0 Å². The molecule has 1 aromatic carbocycles. The first-order chi connectivity index (χ1) is 9.52. The zero-order valence-corrected chi connectivity index (χ0v) is 13.0. The molecule has 0 spiro atoms. The minimum Gasteiger partial charge on any atom is -0.301 e. The Bertz CT molecular complexity index is 597. The van der Waals surface area contributed by atoms with Gasteiger partial charge in [-0.25, -0.2) is 9.37 Å². The molecule has 0 saturated heterocycles. The van der Waals surface area contributed by atoms with Crippen molar-refractivity contribution in [1.29, 1.82) is 0 Å². The Hall–Kier alpha value is -0.970. The monoisotopic (exact) mass is 310 g/mol. The van der Waals surface area contributed by atoms with Crippen molar-refractivity contribution in [3.05, 3.63) is 50.2 Å². The van der Waals surface area contributed by atoms with E-state index < -0.39 is 0 Å². The molecule has 0 amide bonds. The van der Waals surface area contributed by atoms with E-state index in [0.29, 0.717) is 11.1 Å². The third-order valence-electron chi connectivity index (χ3n) is 3.49.